The molecule has 0 radical (unpaired) electrons. The van der Waals surface area contributed by atoms with E-state index in [2.05, 4.69) is 31.3 Å². The molecule has 0 unspecified atom stereocenters. The zero-order valence-corrected chi connectivity index (χ0v) is 15.5. The third-order valence-electron chi connectivity index (χ3n) is 3.64. The summed E-state index contributed by atoms with van der Waals surface area (Å²) in [4.78, 5) is 12.2. The van der Waals surface area contributed by atoms with Gasteiger partial charge in [0.25, 0.3) is 0 Å². The number of hydrogen-bond donors (Lipinski definition) is 2. The van der Waals surface area contributed by atoms with E-state index >= 15 is 0 Å². The number of rotatable bonds is 6. The lowest BCUT2D eigenvalue weighted by Gasteiger charge is -2.09. The zero-order valence-electron chi connectivity index (χ0n) is 14.7. The van der Waals surface area contributed by atoms with Crippen LogP contribution in [0.2, 0.25) is 0 Å². The smallest absolute Gasteiger partial charge is 0.308 e. The first-order chi connectivity index (χ1) is 12.8. The number of nitrogens with one attached hydrogen (secondary N) is 2. The molecule has 2 aromatic heterocycles. The van der Waals surface area contributed by atoms with E-state index in [1.54, 1.807) is 24.4 Å². The molecule has 0 aliphatic rings. The molecule has 0 fully saturated rings. The van der Waals surface area contributed by atoms with Crippen molar-refractivity contribution in [3.8, 4) is 5.69 Å². The van der Waals surface area contributed by atoms with Gasteiger partial charge < -0.3 is 5.32 Å². The Balaban J connectivity index is 1.63. The summed E-state index contributed by atoms with van der Waals surface area (Å²) >= 11 is 0. The van der Waals surface area contributed by atoms with Crippen LogP contribution >= 0.6 is 0 Å². The maximum absolute atomic E-state index is 12.2. The molecule has 0 spiro atoms. The van der Waals surface area contributed by atoms with Crippen LogP contribution in [-0.4, -0.2) is 56.4 Å². The van der Waals surface area contributed by atoms with Crippen molar-refractivity contribution in [2.24, 2.45) is 0 Å². The Morgan fingerprint density at radius 2 is 2.04 bits per heavy atom. The molecule has 2 amide bonds. The molecule has 3 rings (SSSR count). The largest absolute Gasteiger partial charge is 0.324 e. The third-order valence-corrected chi connectivity index (χ3v) is 4.56. The van der Waals surface area contributed by atoms with Crippen LogP contribution < -0.4 is 10.6 Å². The van der Waals surface area contributed by atoms with E-state index in [4.69, 9.17) is 0 Å². The molecular weight excluding hydrogens is 372 g/mol. The van der Waals surface area contributed by atoms with E-state index in [0.717, 1.165) is 17.5 Å². The van der Waals surface area contributed by atoms with Crippen LogP contribution in [0.4, 0.5) is 16.3 Å². The fourth-order valence-electron chi connectivity index (χ4n) is 2.30. The van der Waals surface area contributed by atoms with Gasteiger partial charge in [0.05, 0.1) is 18.0 Å². The summed E-state index contributed by atoms with van der Waals surface area (Å²) in [5, 5.41) is 20.5. The number of urea groups is 1. The molecule has 142 valence electrons. The van der Waals surface area contributed by atoms with E-state index in [9.17, 15) is 13.2 Å². The average Bonchev–Trinajstić information content (AvgIpc) is 3.26. The summed E-state index contributed by atoms with van der Waals surface area (Å²) in [6.45, 7) is 2.12. The van der Waals surface area contributed by atoms with Crippen LogP contribution in [0.3, 0.4) is 0 Å². The highest BCUT2D eigenvalue weighted by molar-refractivity contribution is 7.90. The Morgan fingerprint density at radius 1 is 1.22 bits per heavy atom. The van der Waals surface area contributed by atoms with Gasteiger partial charge in [-0.2, -0.15) is 5.10 Å². The van der Waals surface area contributed by atoms with Crippen molar-refractivity contribution in [1.29, 1.82) is 0 Å². The number of aromatic nitrogens is 6. The summed E-state index contributed by atoms with van der Waals surface area (Å²) in [5.74, 6) is 0.290. The number of aryl methyl sites for hydroxylation is 2. The highest BCUT2D eigenvalue weighted by atomic mass is 32.2. The quantitative estimate of drug-likeness (QED) is 0.637. The number of hydrogen-bond acceptors (Lipinski definition) is 7. The Kier molecular flexibility index (Phi) is 5.16. The minimum atomic E-state index is -3.08. The second-order valence-electron chi connectivity index (χ2n) is 5.93. The molecule has 3 aromatic rings. The van der Waals surface area contributed by atoms with Crippen molar-refractivity contribution in [1.82, 2.24) is 30.0 Å². The minimum absolute atomic E-state index is 0.0242. The number of nitrogens with zero attached hydrogens (tertiary/aromatic N) is 6. The van der Waals surface area contributed by atoms with Crippen LogP contribution in [0.25, 0.3) is 5.69 Å². The fourth-order valence-corrected chi connectivity index (χ4v) is 2.82. The maximum atomic E-state index is 12.2. The molecule has 1 aromatic carbocycles. The third kappa shape index (κ3) is 5.10. The van der Waals surface area contributed by atoms with Crippen molar-refractivity contribution >= 4 is 27.4 Å². The lowest BCUT2D eigenvalue weighted by atomic mass is 10.2. The van der Waals surface area contributed by atoms with E-state index < -0.39 is 15.9 Å². The molecule has 0 aliphatic carbocycles. The first-order valence-electron chi connectivity index (χ1n) is 7.93. The number of tetrazole rings is 1. The molecule has 0 saturated heterocycles. The number of benzene rings is 1. The van der Waals surface area contributed by atoms with Gasteiger partial charge in [-0.15, -0.1) is 5.10 Å². The summed E-state index contributed by atoms with van der Waals surface area (Å²) in [6.07, 6.45) is 4.23. The van der Waals surface area contributed by atoms with E-state index in [1.165, 1.54) is 15.7 Å². The molecule has 2 N–H and O–H groups in total. The molecule has 0 saturated carbocycles. The first kappa shape index (κ1) is 18.5. The second kappa shape index (κ2) is 7.53. The predicted octanol–water partition coefficient (Wildman–Crippen LogP) is 0.856. The normalized spacial score (nSPS) is 11.3. The van der Waals surface area contributed by atoms with Crippen molar-refractivity contribution in [3.05, 3.63) is 42.4 Å². The van der Waals surface area contributed by atoms with Crippen LogP contribution in [0, 0.1) is 6.92 Å². The molecule has 12 heteroatoms. The van der Waals surface area contributed by atoms with Crippen LogP contribution in [0.1, 0.15) is 5.56 Å². The van der Waals surface area contributed by atoms with Crippen LogP contribution in [0.5, 0.6) is 0 Å². The van der Waals surface area contributed by atoms with Gasteiger partial charge in [0.15, 0.2) is 5.82 Å². The zero-order chi connectivity index (χ0) is 19.4. The standard InChI is InChI=1S/C15H18N8O3S/c1-11-3-4-12(9-13(11)23-10-16-20-21-23)17-15(24)18-14-5-6-22(19-14)7-8-27(2,25)26/h3-6,9-10H,7-8H2,1-2H3,(H2,17,18,19,24). The Morgan fingerprint density at radius 3 is 2.74 bits per heavy atom. The summed E-state index contributed by atoms with van der Waals surface area (Å²) < 4.78 is 25.3. The van der Waals surface area contributed by atoms with Crippen molar-refractivity contribution in [2.75, 3.05) is 22.6 Å². The van der Waals surface area contributed by atoms with Gasteiger partial charge in [0, 0.05) is 24.2 Å². The monoisotopic (exact) mass is 390 g/mol. The molecule has 11 nitrogen and oxygen atoms in total. The lowest BCUT2D eigenvalue weighted by molar-refractivity contribution is 0.262. The maximum Gasteiger partial charge on any atom is 0.324 e. The molecule has 0 aliphatic heterocycles. The van der Waals surface area contributed by atoms with Gasteiger partial charge in [-0.25, -0.2) is 17.9 Å². The Labute approximate surface area is 155 Å². The van der Waals surface area contributed by atoms with E-state index in [-0.39, 0.29) is 12.3 Å². The van der Waals surface area contributed by atoms with Gasteiger partial charge in [0.2, 0.25) is 0 Å². The molecule has 0 bridgehead atoms. The number of amides is 2. The number of sulfone groups is 1. The average molecular weight is 390 g/mol. The number of anilines is 2. The number of carbonyl (C=O) groups is 1. The molecule has 27 heavy (non-hydrogen) atoms. The van der Waals surface area contributed by atoms with E-state index in [1.807, 2.05) is 13.0 Å². The van der Waals surface area contributed by atoms with Gasteiger partial charge in [-0.1, -0.05) is 6.07 Å². The molecular formula is C15H18N8O3S. The number of carbonyl (C=O) groups excluding carboxylic acids is 1. The molecule has 0 atom stereocenters. The van der Waals surface area contributed by atoms with Gasteiger partial charge >= 0.3 is 6.03 Å². The summed E-state index contributed by atoms with van der Waals surface area (Å²) in [6, 6.07) is 6.45. The van der Waals surface area contributed by atoms with Crippen LogP contribution in [-0.2, 0) is 16.4 Å². The highest BCUT2D eigenvalue weighted by Gasteiger charge is 2.09. The summed E-state index contributed by atoms with van der Waals surface area (Å²) in [5.41, 5.74) is 2.24. The van der Waals surface area contributed by atoms with E-state index in [0.29, 0.717) is 11.5 Å². The van der Waals surface area contributed by atoms with Crippen molar-refractivity contribution < 1.29 is 13.2 Å². The van der Waals surface area contributed by atoms with Gasteiger partial charge in [-0.05, 0) is 35.0 Å². The first-order valence-corrected chi connectivity index (χ1v) is 9.99. The van der Waals surface area contributed by atoms with Crippen molar-refractivity contribution in [2.45, 2.75) is 13.5 Å². The Hall–Kier alpha value is -3.28. The van der Waals surface area contributed by atoms with Crippen molar-refractivity contribution in [3.63, 3.8) is 0 Å². The second-order valence-corrected chi connectivity index (χ2v) is 8.19. The molecule has 2 heterocycles. The fraction of sp³-hybridized carbons (Fsp3) is 0.267. The Bertz CT molecular complexity index is 1040. The van der Waals surface area contributed by atoms with Gasteiger partial charge in [0.1, 0.15) is 16.2 Å². The predicted molar refractivity (Wildman–Crippen MR) is 98.5 cm³/mol. The lowest BCUT2D eigenvalue weighted by Crippen LogP contribution is -2.20. The minimum Gasteiger partial charge on any atom is -0.308 e. The highest BCUT2D eigenvalue weighted by Crippen LogP contribution is 2.18. The van der Waals surface area contributed by atoms with Gasteiger partial charge in [-0.3, -0.25) is 10.00 Å². The van der Waals surface area contributed by atoms with Crippen LogP contribution in [0.15, 0.2) is 36.8 Å². The topological polar surface area (TPSA) is 137 Å². The SMILES string of the molecule is Cc1ccc(NC(=O)Nc2ccn(CCS(C)(=O)=O)n2)cc1-n1cnnn1. The summed E-state index contributed by atoms with van der Waals surface area (Å²) in [7, 11) is -3.08.